The van der Waals surface area contributed by atoms with Gasteiger partial charge in [-0.2, -0.15) is 0 Å². The van der Waals surface area contributed by atoms with Crippen LogP contribution in [0, 0.1) is 13.8 Å². The van der Waals surface area contributed by atoms with Crippen molar-refractivity contribution < 1.29 is 4.79 Å². The number of pyridine rings is 1. The van der Waals surface area contributed by atoms with Gasteiger partial charge in [-0.15, -0.1) is 0 Å². The summed E-state index contributed by atoms with van der Waals surface area (Å²) in [6.45, 7) is 5.95. The number of amides is 2. The molecule has 0 saturated heterocycles. The molecule has 20 heavy (non-hydrogen) atoms. The molecule has 0 radical (unpaired) electrons. The van der Waals surface area contributed by atoms with Crippen molar-refractivity contribution in [2.75, 3.05) is 5.32 Å². The van der Waals surface area contributed by atoms with Crippen molar-refractivity contribution in [3.63, 3.8) is 0 Å². The van der Waals surface area contributed by atoms with Gasteiger partial charge in [0.05, 0.1) is 6.04 Å². The predicted octanol–water partition coefficient (Wildman–Crippen LogP) is 3.58. The average Bonchev–Trinajstić information content (AvgIpc) is 2.45. The molecule has 104 valence electrons. The highest BCUT2D eigenvalue weighted by Crippen LogP contribution is 2.18. The van der Waals surface area contributed by atoms with E-state index in [2.05, 4.69) is 15.6 Å². The van der Waals surface area contributed by atoms with E-state index in [1.54, 1.807) is 12.4 Å². The number of aromatic nitrogens is 1. The van der Waals surface area contributed by atoms with E-state index in [0.717, 1.165) is 22.4 Å². The molecule has 1 heterocycles. The van der Waals surface area contributed by atoms with Crippen molar-refractivity contribution in [2.45, 2.75) is 26.8 Å². The van der Waals surface area contributed by atoms with E-state index in [9.17, 15) is 4.79 Å². The number of carbonyl (C=O) groups excluding carboxylic acids is 1. The molecule has 2 N–H and O–H groups in total. The van der Waals surface area contributed by atoms with E-state index in [4.69, 9.17) is 0 Å². The summed E-state index contributed by atoms with van der Waals surface area (Å²) >= 11 is 0. The molecule has 1 aromatic carbocycles. The summed E-state index contributed by atoms with van der Waals surface area (Å²) in [4.78, 5) is 16.1. The minimum atomic E-state index is -0.213. The summed E-state index contributed by atoms with van der Waals surface area (Å²) in [6.07, 6.45) is 3.47. The van der Waals surface area contributed by atoms with E-state index in [-0.39, 0.29) is 12.1 Å². The highest BCUT2D eigenvalue weighted by molar-refractivity contribution is 5.90. The molecule has 0 saturated carbocycles. The first kappa shape index (κ1) is 14.1. The molecule has 0 aliphatic heterocycles. The predicted molar refractivity (Wildman–Crippen MR) is 80.7 cm³/mol. The van der Waals surface area contributed by atoms with Crippen molar-refractivity contribution in [1.29, 1.82) is 0 Å². The Hall–Kier alpha value is -2.36. The maximum atomic E-state index is 12.0. The summed E-state index contributed by atoms with van der Waals surface area (Å²) in [7, 11) is 0. The molecule has 4 nitrogen and oxygen atoms in total. The van der Waals surface area contributed by atoms with E-state index < -0.39 is 0 Å². The zero-order valence-electron chi connectivity index (χ0n) is 12.0. The second-order valence-corrected chi connectivity index (χ2v) is 4.85. The topological polar surface area (TPSA) is 54.0 Å². The number of hydrogen-bond acceptors (Lipinski definition) is 2. The minimum Gasteiger partial charge on any atom is -0.331 e. The molecule has 4 heteroatoms. The largest absolute Gasteiger partial charge is 0.331 e. The Kier molecular flexibility index (Phi) is 4.35. The summed E-state index contributed by atoms with van der Waals surface area (Å²) < 4.78 is 0. The first-order chi connectivity index (χ1) is 9.58. The van der Waals surface area contributed by atoms with Gasteiger partial charge >= 0.3 is 6.03 Å². The molecule has 0 aliphatic rings. The molecule has 2 amide bonds. The van der Waals surface area contributed by atoms with Crippen molar-refractivity contribution in [3.8, 4) is 0 Å². The highest BCUT2D eigenvalue weighted by atomic mass is 16.2. The van der Waals surface area contributed by atoms with Crippen molar-refractivity contribution in [1.82, 2.24) is 10.3 Å². The van der Waals surface area contributed by atoms with Crippen LogP contribution in [-0.4, -0.2) is 11.0 Å². The number of nitrogens with one attached hydrogen (secondary N) is 2. The summed E-state index contributed by atoms with van der Waals surface area (Å²) in [5.74, 6) is 0. The van der Waals surface area contributed by atoms with E-state index >= 15 is 0 Å². The maximum Gasteiger partial charge on any atom is 0.319 e. The fourth-order valence-electron chi connectivity index (χ4n) is 1.96. The molecule has 0 unspecified atom stereocenters. The number of hydrogen-bond donors (Lipinski definition) is 2. The lowest BCUT2D eigenvalue weighted by Crippen LogP contribution is -2.31. The number of aryl methyl sites for hydroxylation is 1. The Balaban J connectivity index is 2.01. The van der Waals surface area contributed by atoms with Crippen LogP contribution in [-0.2, 0) is 0 Å². The van der Waals surface area contributed by atoms with E-state index in [1.165, 1.54) is 0 Å². The van der Waals surface area contributed by atoms with Crippen molar-refractivity contribution >= 4 is 11.7 Å². The average molecular weight is 269 g/mol. The summed E-state index contributed by atoms with van der Waals surface area (Å²) in [6, 6.07) is 9.35. The third kappa shape index (κ3) is 3.35. The fraction of sp³-hybridized carbons (Fsp3) is 0.250. The van der Waals surface area contributed by atoms with Crippen LogP contribution < -0.4 is 10.6 Å². The van der Waals surface area contributed by atoms with Crippen LogP contribution in [0.15, 0.2) is 42.7 Å². The number of anilines is 1. The number of benzene rings is 1. The smallest absolute Gasteiger partial charge is 0.319 e. The van der Waals surface area contributed by atoms with Gasteiger partial charge in [-0.25, -0.2) is 4.79 Å². The van der Waals surface area contributed by atoms with Crippen molar-refractivity contribution in [3.05, 3.63) is 59.4 Å². The fourth-order valence-corrected chi connectivity index (χ4v) is 1.96. The number of rotatable bonds is 3. The van der Waals surface area contributed by atoms with Gasteiger partial charge in [-0.3, -0.25) is 4.98 Å². The Labute approximate surface area is 119 Å². The molecular weight excluding hydrogens is 250 g/mol. The number of urea groups is 1. The monoisotopic (exact) mass is 269 g/mol. The van der Waals surface area contributed by atoms with Crippen LogP contribution in [0.5, 0.6) is 0 Å². The molecular formula is C16H19N3O. The van der Waals surface area contributed by atoms with E-state index in [0.29, 0.717) is 0 Å². The Morgan fingerprint density at radius 1 is 1.20 bits per heavy atom. The molecule has 0 fully saturated rings. The summed E-state index contributed by atoms with van der Waals surface area (Å²) in [5, 5.41) is 5.78. The van der Waals surface area contributed by atoms with Gasteiger partial charge in [0.2, 0.25) is 0 Å². The lowest BCUT2D eigenvalue weighted by atomic mass is 10.1. The van der Waals surface area contributed by atoms with Gasteiger partial charge in [0.15, 0.2) is 0 Å². The Morgan fingerprint density at radius 3 is 2.70 bits per heavy atom. The quantitative estimate of drug-likeness (QED) is 0.894. The molecule has 2 aromatic rings. The van der Waals surface area contributed by atoms with Gasteiger partial charge in [-0.05, 0) is 49.6 Å². The standard InChI is InChI=1S/C16H19N3O/c1-11-6-4-8-15(12(11)2)19-16(20)18-13(3)14-7-5-9-17-10-14/h4-10,13H,1-3H3,(H2,18,19,20)/t13-/m0/s1. The number of carbonyl (C=O) groups is 1. The summed E-state index contributed by atoms with van der Waals surface area (Å²) in [5.41, 5.74) is 4.05. The zero-order chi connectivity index (χ0) is 14.5. The highest BCUT2D eigenvalue weighted by Gasteiger charge is 2.10. The maximum absolute atomic E-state index is 12.0. The molecule has 2 rings (SSSR count). The lowest BCUT2D eigenvalue weighted by Gasteiger charge is -2.16. The van der Waals surface area contributed by atoms with Crippen LogP contribution in [0.4, 0.5) is 10.5 Å². The first-order valence-corrected chi connectivity index (χ1v) is 6.61. The molecule has 0 bridgehead atoms. The number of nitrogens with zero attached hydrogens (tertiary/aromatic N) is 1. The zero-order valence-corrected chi connectivity index (χ0v) is 12.0. The van der Waals surface area contributed by atoms with Crippen molar-refractivity contribution in [2.24, 2.45) is 0 Å². The lowest BCUT2D eigenvalue weighted by molar-refractivity contribution is 0.249. The van der Waals surface area contributed by atoms with Gasteiger partial charge in [-0.1, -0.05) is 18.2 Å². The minimum absolute atomic E-state index is 0.0891. The normalized spacial score (nSPS) is 11.8. The molecule has 0 aliphatic carbocycles. The second-order valence-electron chi connectivity index (χ2n) is 4.85. The Bertz CT molecular complexity index is 596. The van der Waals surface area contributed by atoms with Gasteiger partial charge in [0.25, 0.3) is 0 Å². The van der Waals surface area contributed by atoms with Gasteiger partial charge in [0, 0.05) is 18.1 Å². The van der Waals surface area contributed by atoms with E-state index in [1.807, 2.05) is 51.1 Å². The van der Waals surface area contributed by atoms with Gasteiger partial charge < -0.3 is 10.6 Å². The molecule has 1 aromatic heterocycles. The molecule has 0 spiro atoms. The van der Waals surface area contributed by atoms with Crippen LogP contribution >= 0.6 is 0 Å². The first-order valence-electron chi connectivity index (χ1n) is 6.61. The van der Waals surface area contributed by atoms with Crippen LogP contribution in [0.25, 0.3) is 0 Å². The second kappa shape index (κ2) is 6.19. The van der Waals surface area contributed by atoms with Crippen LogP contribution in [0.1, 0.15) is 29.7 Å². The van der Waals surface area contributed by atoms with Gasteiger partial charge in [0.1, 0.15) is 0 Å². The third-order valence-electron chi connectivity index (χ3n) is 3.38. The third-order valence-corrected chi connectivity index (χ3v) is 3.38. The van der Waals surface area contributed by atoms with Crippen LogP contribution in [0.2, 0.25) is 0 Å². The van der Waals surface area contributed by atoms with Crippen LogP contribution in [0.3, 0.4) is 0 Å². The Morgan fingerprint density at radius 2 is 2.00 bits per heavy atom. The SMILES string of the molecule is Cc1cccc(NC(=O)N[C@@H](C)c2cccnc2)c1C. The molecule has 1 atom stereocenters.